The number of rotatable bonds is 3. The van der Waals surface area contributed by atoms with E-state index in [2.05, 4.69) is 61.3 Å². The van der Waals surface area contributed by atoms with E-state index in [1.54, 1.807) is 0 Å². The first-order chi connectivity index (χ1) is 9.08. The molecule has 3 nitrogen and oxygen atoms in total. The van der Waals surface area contributed by atoms with Gasteiger partial charge in [-0.15, -0.1) is 0 Å². The van der Waals surface area contributed by atoms with Crippen molar-refractivity contribution in [3.8, 4) is 6.07 Å². The monoisotopic (exact) mass is 257 g/mol. The van der Waals surface area contributed by atoms with Crippen LogP contribution in [0.1, 0.15) is 32.8 Å². The Morgan fingerprint density at radius 3 is 2.84 bits per heavy atom. The van der Waals surface area contributed by atoms with Gasteiger partial charge < -0.3 is 10.2 Å². The van der Waals surface area contributed by atoms with Crippen molar-refractivity contribution in [3.05, 3.63) is 29.8 Å². The van der Waals surface area contributed by atoms with Crippen LogP contribution < -0.4 is 10.2 Å². The summed E-state index contributed by atoms with van der Waals surface area (Å²) in [4.78, 5) is 2.46. The van der Waals surface area contributed by atoms with Gasteiger partial charge in [0, 0.05) is 30.4 Å². The molecule has 0 amide bonds. The first-order valence-corrected chi connectivity index (χ1v) is 7.04. The van der Waals surface area contributed by atoms with Crippen LogP contribution in [0.15, 0.2) is 24.3 Å². The molecule has 0 radical (unpaired) electrons. The summed E-state index contributed by atoms with van der Waals surface area (Å²) in [6.07, 6.45) is 1.61. The third kappa shape index (κ3) is 2.90. The van der Waals surface area contributed by atoms with Crippen molar-refractivity contribution in [1.29, 1.82) is 5.26 Å². The number of anilines is 1. The van der Waals surface area contributed by atoms with Gasteiger partial charge in [0.1, 0.15) is 0 Å². The maximum Gasteiger partial charge on any atom is 0.0638 e. The summed E-state index contributed by atoms with van der Waals surface area (Å²) in [6, 6.07) is 11.2. The molecule has 19 heavy (non-hydrogen) atoms. The van der Waals surface area contributed by atoms with Crippen LogP contribution in [-0.4, -0.2) is 24.7 Å². The molecule has 1 heterocycles. The summed E-state index contributed by atoms with van der Waals surface area (Å²) in [6.45, 7) is 8.53. The minimum absolute atomic E-state index is 0.0806. The number of para-hydroxylation sites is 1. The number of hydrogen-bond acceptors (Lipinski definition) is 3. The molecule has 102 valence electrons. The Morgan fingerprint density at radius 1 is 1.42 bits per heavy atom. The fourth-order valence-corrected chi connectivity index (χ4v) is 2.77. The van der Waals surface area contributed by atoms with Gasteiger partial charge in [-0.25, -0.2) is 0 Å². The second-order valence-electron chi connectivity index (χ2n) is 5.85. The highest BCUT2D eigenvalue weighted by molar-refractivity contribution is 5.56. The van der Waals surface area contributed by atoms with E-state index in [1.807, 2.05) is 0 Å². The van der Waals surface area contributed by atoms with E-state index in [1.165, 1.54) is 11.3 Å². The number of hydrogen-bond donors (Lipinski definition) is 1. The molecule has 1 aliphatic heterocycles. The molecule has 1 atom stereocenters. The lowest BCUT2D eigenvalue weighted by Crippen LogP contribution is -2.62. The largest absolute Gasteiger partial charge is 0.363 e. The number of benzene rings is 1. The third-order valence-electron chi connectivity index (χ3n) is 3.96. The van der Waals surface area contributed by atoms with Crippen LogP contribution in [-0.2, 0) is 6.42 Å². The van der Waals surface area contributed by atoms with Gasteiger partial charge in [-0.3, -0.25) is 0 Å². The Morgan fingerprint density at radius 2 is 2.16 bits per heavy atom. The number of nitrogens with zero attached hydrogens (tertiary/aromatic N) is 2. The Kier molecular flexibility index (Phi) is 4.11. The molecule has 0 bridgehead atoms. The van der Waals surface area contributed by atoms with Crippen LogP contribution in [0, 0.1) is 11.3 Å². The summed E-state index contributed by atoms with van der Waals surface area (Å²) >= 11 is 0. The lowest BCUT2D eigenvalue weighted by atomic mass is 9.94. The summed E-state index contributed by atoms with van der Waals surface area (Å²) in [5, 5.41) is 12.4. The molecular weight excluding hydrogens is 234 g/mol. The van der Waals surface area contributed by atoms with Crippen molar-refractivity contribution >= 4 is 5.69 Å². The van der Waals surface area contributed by atoms with E-state index in [9.17, 15) is 0 Å². The Labute approximate surface area is 116 Å². The quantitative estimate of drug-likeness (QED) is 0.905. The SMILES string of the molecule is CCc1ccccc1N1CC(CC#N)NCC1(C)C. The average molecular weight is 257 g/mol. The second-order valence-corrected chi connectivity index (χ2v) is 5.85. The first kappa shape index (κ1) is 13.9. The van der Waals surface area contributed by atoms with Crippen molar-refractivity contribution in [2.24, 2.45) is 0 Å². The minimum atomic E-state index is 0.0806. The average Bonchev–Trinajstić information content (AvgIpc) is 2.41. The van der Waals surface area contributed by atoms with E-state index < -0.39 is 0 Å². The zero-order valence-corrected chi connectivity index (χ0v) is 12.1. The first-order valence-electron chi connectivity index (χ1n) is 7.04. The highest BCUT2D eigenvalue weighted by Gasteiger charge is 2.34. The standard InChI is InChI=1S/C16H23N3/c1-4-13-7-5-6-8-15(13)19-11-14(9-10-17)18-12-16(19,2)3/h5-8,14,18H,4,9,11-12H2,1-3H3. The zero-order valence-electron chi connectivity index (χ0n) is 12.1. The molecule has 0 saturated carbocycles. The van der Waals surface area contributed by atoms with E-state index in [0.717, 1.165) is 19.5 Å². The summed E-state index contributed by atoms with van der Waals surface area (Å²) in [5.41, 5.74) is 2.78. The Hall–Kier alpha value is -1.53. The normalized spacial score (nSPS) is 22.0. The van der Waals surface area contributed by atoms with E-state index in [-0.39, 0.29) is 11.6 Å². The number of nitriles is 1. The van der Waals surface area contributed by atoms with Crippen molar-refractivity contribution < 1.29 is 0 Å². The molecule has 3 heteroatoms. The lowest BCUT2D eigenvalue weighted by Gasteiger charge is -2.48. The van der Waals surface area contributed by atoms with Gasteiger partial charge in [0.2, 0.25) is 0 Å². The molecule has 1 N–H and O–H groups in total. The number of aryl methyl sites for hydroxylation is 1. The Bertz CT molecular complexity index is 473. The van der Waals surface area contributed by atoms with Gasteiger partial charge >= 0.3 is 0 Å². The molecule has 1 aromatic rings. The predicted molar refractivity (Wildman–Crippen MR) is 79.3 cm³/mol. The van der Waals surface area contributed by atoms with Gasteiger partial charge in [0.25, 0.3) is 0 Å². The highest BCUT2D eigenvalue weighted by Crippen LogP contribution is 2.30. The fraction of sp³-hybridized carbons (Fsp3) is 0.562. The maximum absolute atomic E-state index is 8.90. The van der Waals surface area contributed by atoms with Crippen LogP contribution >= 0.6 is 0 Å². The summed E-state index contributed by atoms with van der Waals surface area (Å²) < 4.78 is 0. The highest BCUT2D eigenvalue weighted by atomic mass is 15.3. The number of piperazine rings is 1. The summed E-state index contributed by atoms with van der Waals surface area (Å²) in [5.74, 6) is 0. The maximum atomic E-state index is 8.90. The molecule has 0 spiro atoms. The second kappa shape index (κ2) is 5.63. The van der Waals surface area contributed by atoms with Crippen LogP contribution in [0.2, 0.25) is 0 Å². The van der Waals surface area contributed by atoms with Crippen molar-refractivity contribution in [3.63, 3.8) is 0 Å². The van der Waals surface area contributed by atoms with E-state index >= 15 is 0 Å². The van der Waals surface area contributed by atoms with E-state index in [0.29, 0.717) is 6.42 Å². The van der Waals surface area contributed by atoms with Crippen LogP contribution in [0.5, 0.6) is 0 Å². The molecule has 1 fully saturated rings. The van der Waals surface area contributed by atoms with Crippen LogP contribution in [0.3, 0.4) is 0 Å². The van der Waals surface area contributed by atoms with Gasteiger partial charge in [0.15, 0.2) is 0 Å². The molecule has 1 aliphatic rings. The van der Waals surface area contributed by atoms with Crippen molar-refractivity contribution in [1.82, 2.24) is 5.32 Å². The molecule has 0 aromatic heterocycles. The zero-order chi connectivity index (χ0) is 13.9. The Balaban J connectivity index is 2.31. The molecule has 0 aliphatic carbocycles. The van der Waals surface area contributed by atoms with Crippen molar-refractivity contribution in [2.75, 3.05) is 18.0 Å². The van der Waals surface area contributed by atoms with Gasteiger partial charge in [-0.1, -0.05) is 25.1 Å². The van der Waals surface area contributed by atoms with Crippen LogP contribution in [0.25, 0.3) is 0 Å². The molecule has 1 saturated heterocycles. The van der Waals surface area contributed by atoms with Gasteiger partial charge in [0.05, 0.1) is 12.5 Å². The van der Waals surface area contributed by atoms with Crippen molar-refractivity contribution in [2.45, 2.75) is 45.2 Å². The third-order valence-corrected chi connectivity index (χ3v) is 3.96. The molecule has 1 unspecified atom stereocenters. The number of nitrogens with one attached hydrogen (secondary N) is 1. The smallest absolute Gasteiger partial charge is 0.0638 e. The van der Waals surface area contributed by atoms with Gasteiger partial charge in [-0.05, 0) is 31.9 Å². The lowest BCUT2D eigenvalue weighted by molar-refractivity contribution is 0.324. The molecule has 1 aromatic carbocycles. The predicted octanol–water partition coefficient (Wildman–Crippen LogP) is 2.72. The van der Waals surface area contributed by atoms with Gasteiger partial charge in [-0.2, -0.15) is 5.26 Å². The minimum Gasteiger partial charge on any atom is -0.363 e. The fourth-order valence-electron chi connectivity index (χ4n) is 2.77. The summed E-state index contributed by atoms with van der Waals surface area (Å²) in [7, 11) is 0. The molecule has 2 rings (SSSR count). The topological polar surface area (TPSA) is 39.1 Å². The molecular formula is C16H23N3. The van der Waals surface area contributed by atoms with Crippen LogP contribution in [0.4, 0.5) is 5.69 Å². The van der Waals surface area contributed by atoms with E-state index in [4.69, 9.17) is 5.26 Å².